The van der Waals surface area contributed by atoms with E-state index in [1.807, 2.05) is 0 Å². The van der Waals surface area contributed by atoms with E-state index in [0.717, 1.165) is 6.07 Å². The molecule has 0 atom stereocenters. The number of morpholine rings is 1. The monoisotopic (exact) mass is 359 g/mol. The van der Waals surface area contributed by atoms with Crippen LogP contribution in [0.3, 0.4) is 0 Å². The molecular formula is C13H17N3O7S. The van der Waals surface area contributed by atoms with Crippen molar-refractivity contribution in [3.8, 4) is 5.75 Å². The highest BCUT2D eigenvalue weighted by atomic mass is 32.2. The van der Waals surface area contributed by atoms with Crippen LogP contribution < -0.4 is 10.1 Å². The number of amides is 1. The fraction of sp³-hybridized carbons (Fsp3) is 0.462. The Kier molecular flexibility index (Phi) is 5.70. The van der Waals surface area contributed by atoms with Gasteiger partial charge in [0, 0.05) is 26.2 Å². The summed E-state index contributed by atoms with van der Waals surface area (Å²) in [4.78, 5) is 21.4. The van der Waals surface area contributed by atoms with Crippen LogP contribution in [-0.2, 0) is 19.6 Å². The number of benzene rings is 1. The van der Waals surface area contributed by atoms with Crippen LogP contribution in [0.5, 0.6) is 5.75 Å². The molecule has 0 bridgehead atoms. The van der Waals surface area contributed by atoms with E-state index < -0.39 is 33.1 Å². The molecule has 132 valence electrons. The summed E-state index contributed by atoms with van der Waals surface area (Å²) in [5.41, 5.74) is -0.520. The number of carbonyl (C=O) groups excluding carboxylic acids is 1. The third kappa shape index (κ3) is 3.99. The van der Waals surface area contributed by atoms with Gasteiger partial charge in [0.25, 0.3) is 5.91 Å². The van der Waals surface area contributed by atoms with Crippen LogP contribution >= 0.6 is 0 Å². The molecule has 0 aliphatic carbocycles. The largest absolute Gasteiger partial charge is 0.477 e. The first-order valence-electron chi connectivity index (χ1n) is 7.06. The maximum Gasteiger partial charge on any atom is 0.312 e. The average molecular weight is 359 g/mol. The molecule has 0 aromatic heterocycles. The van der Waals surface area contributed by atoms with E-state index >= 15 is 0 Å². The number of ether oxygens (including phenoxy) is 2. The van der Waals surface area contributed by atoms with Crippen LogP contribution in [-0.4, -0.2) is 63.5 Å². The molecule has 24 heavy (non-hydrogen) atoms. The number of hydrogen-bond acceptors (Lipinski definition) is 7. The normalized spacial score (nSPS) is 15.7. The smallest absolute Gasteiger partial charge is 0.312 e. The van der Waals surface area contributed by atoms with Gasteiger partial charge in [0.15, 0.2) is 12.4 Å². The van der Waals surface area contributed by atoms with E-state index in [9.17, 15) is 23.3 Å². The molecule has 10 nitrogen and oxygen atoms in total. The van der Waals surface area contributed by atoms with Gasteiger partial charge in [0.2, 0.25) is 10.0 Å². The molecule has 1 heterocycles. The van der Waals surface area contributed by atoms with Crippen molar-refractivity contribution >= 4 is 21.6 Å². The highest BCUT2D eigenvalue weighted by Crippen LogP contribution is 2.31. The summed E-state index contributed by atoms with van der Waals surface area (Å²) in [5.74, 6) is -0.640. The average Bonchev–Trinajstić information content (AvgIpc) is 2.60. The number of likely N-dealkylation sites (N-methyl/N-ethyl adjacent to an activating group) is 1. The van der Waals surface area contributed by atoms with E-state index in [0.29, 0.717) is 0 Å². The third-order valence-electron chi connectivity index (χ3n) is 3.37. The van der Waals surface area contributed by atoms with Crippen LogP contribution in [0.1, 0.15) is 0 Å². The zero-order chi connectivity index (χ0) is 17.7. The first-order chi connectivity index (χ1) is 11.4. The maximum absolute atomic E-state index is 12.5. The lowest BCUT2D eigenvalue weighted by Crippen LogP contribution is -2.40. The highest BCUT2D eigenvalue weighted by Gasteiger charge is 2.29. The van der Waals surface area contributed by atoms with Gasteiger partial charge in [-0.15, -0.1) is 0 Å². The molecule has 1 aromatic carbocycles. The fourth-order valence-corrected chi connectivity index (χ4v) is 3.50. The third-order valence-corrected chi connectivity index (χ3v) is 5.27. The molecule has 11 heteroatoms. The lowest BCUT2D eigenvalue weighted by atomic mass is 10.3. The van der Waals surface area contributed by atoms with Gasteiger partial charge in [-0.1, -0.05) is 0 Å². The zero-order valence-corrected chi connectivity index (χ0v) is 13.7. The Hall–Kier alpha value is -2.24. The minimum atomic E-state index is -3.86. The molecule has 0 unspecified atom stereocenters. The number of rotatable bonds is 6. The van der Waals surface area contributed by atoms with Crippen LogP contribution in [0, 0.1) is 10.1 Å². The Balaban J connectivity index is 2.30. The van der Waals surface area contributed by atoms with E-state index in [4.69, 9.17) is 9.47 Å². The molecule has 1 saturated heterocycles. The summed E-state index contributed by atoms with van der Waals surface area (Å²) >= 11 is 0. The van der Waals surface area contributed by atoms with Crippen LogP contribution in [0.4, 0.5) is 5.69 Å². The number of hydrogen-bond donors (Lipinski definition) is 1. The molecule has 0 saturated carbocycles. The summed E-state index contributed by atoms with van der Waals surface area (Å²) in [7, 11) is -2.46. The van der Waals surface area contributed by atoms with Crippen LogP contribution in [0.2, 0.25) is 0 Å². The van der Waals surface area contributed by atoms with E-state index in [2.05, 4.69) is 5.32 Å². The first-order valence-corrected chi connectivity index (χ1v) is 8.50. The number of nitrogens with one attached hydrogen (secondary N) is 1. The van der Waals surface area contributed by atoms with Gasteiger partial charge in [0.1, 0.15) is 0 Å². The Morgan fingerprint density at radius 3 is 2.67 bits per heavy atom. The lowest BCUT2D eigenvalue weighted by Gasteiger charge is -2.26. The van der Waals surface area contributed by atoms with Gasteiger partial charge in [-0.25, -0.2) is 8.42 Å². The van der Waals surface area contributed by atoms with E-state index in [-0.39, 0.29) is 36.9 Å². The number of nitrogens with zero attached hydrogens (tertiary/aromatic N) is 2. The van der Waals surface area contributed by atoms with Gasteiger partial charge in [-0.2, -0.15) is 4.31 Å². The number of nitro benzene ring substituents is 1. The Morgan fingerprint density at radius 1 is 1.42 bits per heavy atom. The van der Waals surface area contributed by atoms with Gasteiger partial charge in [-0.3, -0.25) is 14.9 Å². The predicted octanol–water partition coefficient (Wildman–Crippen LogP) is -0.259. The summed E-state index contributed by atoms with van der Waals surface area (Å²) in [6.07, 6.45) is 0. The van der Waals surface area contributed by atoms with Crippen molar-refractivity contribution in [3.63, 3.8) is 0 Å². The number of sulfonamides is 1. The van der Waals surface area contributed by atoms with Gasteiger partial charge in [-0.05, 0) is 12.1 Å². The predicted molar refractivity (Wildman–Crippen MR) is 82.2 cm³/mol. The topological polar surface area (TPSA) is 128 Å². The van der Waals surface area contributed by atoms with Crippen molar-refractivity contribution < 1.29 is 27.6 Å². The zero-order valence-electron chi connectivity index (χ0n) is 12.9. The molecule has 1 aliphatic heterocycles. The molecule has 1 aromatic rings. The van der Waals surface area contributed by atoms with Crippen molar-refractivity contribution in [2.45, 2.75) is 4.90 Å². The molecule has 2 rings (SSSR count). The van der Waals surface area contributed by atoms with Crippen molar-refractivity contribution in [1.29, 1.82) is 0 Å². The molecule has 1 aliphatic rings. The van der Waals surface area contributed by atoms with Crippen molar-refractivity contribution in [2.24, 2.45) is 0 Å². The molecule has 0 spiro atoms. The van der Waals surface area contributed by atoms with Gasteiger partial charge < -0.3 is 14.8 Å². The van der Waals surface area contributed by atoms with Crippen molar-refractivity contribution in [3.05, 3.63) is 28.3 Å². The second-order valence-corrected chi connectivity index (χ2v) is 6.80. The quantitative estimate of drug-likeness (QED) is 0.547. The van der Waals surface area contributed by atoms with Crippen LogP contribution in [0.15, 0.2) is 23.1 Å². The summed E-state index contributed by atoms with van der Waals surface area (Å²) in [6, 6.07) is 3.33. The first kappa shape index (κ1) is 18.1. The van der Waals surface area contributed by atoms with Gasteiger partial charge in [0.05, 0.1) is 23.0 Å². The summed E-state index contributed by atoms with van der Waals surface area (Å²) < 4.78 is 36.5. The highest BCUT2D eigenvalue weighted by molar-refractivity contribution is 7.89. The minimum absolute atomic E-state index is 0.176. The second-order valence-electron chi connectivity index (χ2n) is 4.86. The molecule has 0 radical (unpaired) electrons. The number of nitro groups is 1. The Bertz CT molecular complexity index is 729. The van der Waals surface area contributed by atoms with E-state index in [1.54, 1.807) is 0 Å². The fourth-order valence-electron chi connectivity index (χ4n) is 2.07. The molecule has 1 N–H and O–H groups in total. The summed E-state index contributed by atoms with van der Waals surface area (Å²) in [6.45, 7) is 0.506. The lowest BCUT2D eigenvalue weighted by molar-refractivity contribution is -0.386. The maximum atomic E-state index is 12.5. The van der Waals surface area contributed by atoms with E-state index in [1.165, 1.54) is 23.5 Å². The minimum Gasteiger partial charge on any atom is -0.477 e. The molecular weight excluding hydrogens is 342 g/mol. The standard InChI is InChI=1S/C13H17N3O7S/c1-14-13(17)9-23-12-3-2-10(8-11(12)16(18)19)24(20,21)15-4-6-22-7-5-15/h2-3,8H,4-7,9H2,1H3,(H,14,17). The second kappa shape index (κ2) is 7.55. The van der Waals surface area contributed by atoms with Gasteiger partial charge >= 0.3 is 5.69 Å². The van der Waals surface area contributed by atoms with Crippen molar-refractivity contribution in [2.75, 3.05) is 40.0 Å². The molecule has 1 fully saturated rings. The summed E-state index contributed by atoms with van der Waals surface area (Å²) in [5, 5.41) is 13.5. The Morgan fingerprint density at radius 2 is 2.08 bits per heavy atom. The number of carbonyl (C=O) groups is 1. The molecule has 1 amide bonds. The van der Waals surface area contributed by atoms with Crippen molar-refractivity contribution in [1.82, 2.24) is 9.62 Å². The Labute approximate surface area is 138 Å². The van der Waals surface area contributed by atoms with Crippen LogP contribution in [0.25, 0.3) is 0 Å². The SMILES string of the molecule is CNC(=O)COc1ccc(S(=O)(=O)N2CCOCC2)cc1[N+](=O)[O-].